The molecule has 2 heterocycles. The maximum atomic E-state index is 12.3. The highest BCUT2D eigenvalue weighted by molar-refractivity contribution is 7.13. The van der Waals surface area contributed by atoms with Crippen molar-refractivity contribution in [2.75, 3.05) is 7.05 Å². The van der Waals surface area contributed by atoms with Gasteiger partial charge in [-0.3, -0.25) is 9.89 Å². The minimum absolute atomic E-state index is 0.211. The summed E-state index contributed by atoms with van der Waals surface area (Å²) in [6, 6.07) is 9.96. The van der Waals surface area contributed by atoms with Gasteiger partial charge in [0.25, 0.3) is 5.91 Å². The number of hydrogen-bond donors (Lipinski definition) is 1. The van der Waals surface area contributed by atoms with Gasteiger partial charge in [0.1, 0.15) is 10.7 Å². The lowest BCUT2D eigenvalue weighted by Crippen LogP contribution is -2.26. The topological polar surface area (TPSA) is 61.9 Å². The summed E-state index contributed by atoms with van der Waals surface area (Å²) in [5.41, 5.74) is 2.21. The Hall–Kier alpha value is -2.18. The van der Waals surface area contributed by atoms with Crippen LogP contribution in [0.25, 0.3) is 10.6 Å². The molecule has 0 saturated carbocycles. The molecule has 0 unspecified atom stereocenters. The SMILES string of the molecule is CN(Cc1csc(-c2ccccc2)n1)C(=O)c1[nH]ncc1Cl. The quantitative estimate of drug-likeness (QED) is 0.795. The molecule has 0 aliphatic rings. The Kier molecular flexibility index (Phi) is 4.22. The van der Waals surface area contributed by atoms with E-state index in [0.29, 0.717) is 17.3 Å². The Bertz CT molecular complexity index is 784. The molecule has 1 aromatic carbocycles. The van der Waals surface area contributed by atoms with Gasteiger partial charge in [-0.05, 0) is 0 Å². The molecule has 0 aliphatic heterocycles. The number of carbonyl (C=O) groups is 1. The number of H-pyrrole nitrogens is 1. The van der Waals surface area contributed by atoms with Crippen LogP contribution in [0.2, 0.25) is 5.02 Å². The van der Waals surface area contributed by atoms with Gasteiger partial charge in [-0.15, -0.1) is 11.3 Å². The minimum atomic E-state index is -0.211. The van der Waals surface area contributed by atoms with Crippen molar-refractivity contribution in [3.8, 4) is 10.6 Å². The van der Waals surface area contributed by atoms with E-state index in [1.54, 1.807) is 23.3 Å². The first-order chi connectivity index (χ1) is 10.6. The van der Waals surface area contributed by atoms with Gasteiger partial charge in [0.05, 0.1) is 23.5 Å². The summed E-state index contributed by atoms with van der Waals surface area (Å²) in [7, 11) is 1.71. The summed E-state index contributed by atoms with van der Waals surface area (Å²) in [5, 5.41) is 9.59. The molecule has 3 aromatic rings. The van der Waals surface area contributed by atoms with E-state index < -0.39 is 0 Å². The van der Waals surface area contributed by atoms with Crippen LogP contribution < -0.4 is 0 Å². The number of carbonyl (C=O) groups excluding carboxylic acids is 1. The Morgan fingerprint density at radius 3 is 2.82 bits per heavy atom. The van der Waals surface area contributed by atoms with Crippen LogP contribution in [0.4, 0.5) is 0 Å². The first-order valence-electron chi connectivity index (χ1n) is 6.59. The summed E-state index contributed by atoms with van der Waals surface area (Å²) in [4.78, 5) is 18.4. The molecule has 0 aliphatic carbocycles. The molecule has 7 heteroatoms. The van der Waals surface area contributed by atoms with Crippen LogP contribution in [0, 0.1) is 0 Å². The highest BCUT2D eigenvalue weighted by Gasteiger charge is 2.18. The zero-order valence-corrected chi connectivity index (χ0v) is 13.4. The van der Waals surface area contributed by atoms with Gasteiger partial charge in [-0.25, -0.2) is 4.98 Å². The van der Waals surface area contributed by atoms with Gasteiger partial charge < -0.3 is 4.90 Å². The molecule has 1 N–H and O–H groups in total. The van der Waals surface area contributed by atoms with Crippen LogP contribution in [-0.2, 0) is 6.54 Å². The molecule has 5 nitrogen and oxygen atoms in total. The van der Waals surface area contributed by atoms with E-state index in [-0.39, 0.29) is 5.91 Å². The molecule has 3 rings (SSSR count). The Morgan fingerprint density at radius 2 is 2.14 bits per heavy atom. The van der Waals surface area contributed by atoms with E-state index in [2.05, 4.69) is 15.2 Å². The Labute approximate surface area is 136 Å². The average Bonchev–Trinajstić information content (AvgIpc) is 3.16. The highest BCUT2D eigenvalue weighted by atomic mass is 35.5. The molecule has 0 spiro atoms. The number of nitrogens with zero attached hydrogens (tertiary/aromatic N) is 3. The normalized spacial score (nSPS) is 10.6. The van der Waals surface area contributed by atoms with Crippen molar-refractivity contribution in [2.24, 2.45) is 0 Å². The third-order valence-electron chi connectivity index (χ3n) is 3.13. The molecule has 2 aromatic heterocycles. The lowest BCUT2D eigenvalue weighted by Gasteiger charge is -2.14. The number of rotatable bonds is 4. The van der Waals surface area contributed by atoms with Crippen LogP contribution in [0.15, 0.2) is 41.9 Å². The molecule has 0 saturated heterocycles. The number of thiazole rings is 1. The maximum absolute atomic E-state index is 12.3. The average molecular weight is 333 g/mol. The lowest BCUT2D eigenvalue weighted by atomic mass is 10.2. The summed E-state index contributed by atoms with van der Waals surface area (Å²) in [6.07, 6.45) is 1.42. The predicted molar refractivity (Wildman–Crippen MR) is 86.9 cm³/mol. The minimum Gasteiger partial charge on any atom is -0.334 e. The number of hydrogen-bond acceptors (Lipinski definition) is 4. The fraction of sp³-hybridized carbons (Fsp3) is 0.133. The molecule has 22 heavy (non-hydrogen) atoms. The fourth-order valence-electron chi connectivity index (χ4n) is 2.02. The lowest BCUT2D eigenvalue weighted by molar-refractivity contribution is 0.0778. The van der Waals surface area contributed by atoms with Crippen molar-refractivity contribution >= 4 is 28.8 Å². The van der Waals surface area contributed by atoms with Gasteiger partial charge in [-0.1, -0.05) is 41.9 Å². The van der Waals surface area contributed by atoms with Crippen molar-refractivity contribution in [1.29, 1.82) is 0 Å². The van der Waals surface area contributed by atoms with E-state index in [1.807, 2.05) is 35.7 Å². The number of halogens is 1. The largest absolute Gasteiger partial charge is 0.334 e. The van der Waals surface area contributed by atoms with Crippen molar-refractivity contribution in [2.45, 2.75) is 6.54 Å². The van der Waals surface area contributed by atoms with Crippen molar-refractivity contribution < 1.29 is 4.79 Å². The Morgan fingerprint density at radius 1 is 1.36 bits per heavy atom. The molecular weight excluding hydrogens is 320 g/mol. The summed E-state index contributed by atoms with van der Waals surface area (Å²) in [6.45, 7) is 0.414. The molecule has 1 amide bonds. The number of amides is 1. The van der Waals surface area contributed by atoms with Crippen molar-refractivity contribution in [1.82, 2.24) is 20.1 Å². The van der Waals surface area contributed by atoms with Crippen molar-refractivity contribution in [3.05, 3.63) is 58.3 Å². The molecule has 0 atom stereocenters. The van der Waals surface area contributed by atoms with Gasteiger partial charge in [0, 0.05) is 18.0 Å². The zero-order chi connectivity index (χ0) is 15.5. The van der Waals surface area contributed by atoms with E-state index in [9.17, 15) is 4.79 Å². The fourth-order valence-corrected chi connectivity index (χ4v) is 3.01. The molecule has 0 bridgehead atoms. The first-order valence-corrected chi connectivity index (χ1v) is 7.85. The zero-order valence-electron chi connectivity index (χ0n) is 11.8. The summed E-state index contributed by atoms with van der Waals surface area (Å²) >= 11 is 7.47. The van der Waals surface area contributed by atoms with Crippen LogP contribution in [0.5, 0.6) is 0 Å². The predicted octanol–water partition coefficient (Wildman–Crippen LogP) is 3.46. The van der Waals surface area contributed by atoms with Crippen LogP contribution in [-0.4, -0.2) is 33.0 Å². The van der Waals surface area contributed by atoms with Crippen LogP contribution >= 0.6 is 22.9 Å². The van der Waals surface area contributed by atoms with E-state index >= 15 is 0 Å². The summed E-state index contributed by atoms with van der Waals surface area (Å²) in [5.74, 6) is -0.211. The van der Waals surface area contributed by atoms with E-state index in [4.69, 9.17) is 11.6 Å². The standard InChI is InChI=1S/C15H13ClN4OS/c1-20(15(21)13-12(16)7-17-19-13)8-11-9-22-14(18-11)10-5-3-2-4-6-10/h2-7,9H,8H2,1H3,(H,17,19). The van der Waals surface area contributed by atoms with Gasteiger partial charge in [-0.2, -0.15) is 5.10 Å². The van der Waals surface area contributed by atoms with Crippen LogP contribution in [0.3, 0.4) is 0 Å². The van der Waals surface area contributed by atoms with Crippen LogP contribution in [0.1, 0.15) is 16.2 Å². The van der Waals surface area contributed by atoms with Gasteiger partial charge in [0.2, 0.25) is 0 Å². The second-order valence-electron chi connectivity index (χ2n) is 4.76. The number of benzene rings is 1. The highest BCUT2D eigenvalue weighted by Crippen LogP contribution is 2.24. The molecule has 112 valence electrons. The molecular formula is C15H13ClN4OS. The first kappa shape index (κ1) is 14.7. The number of nitrogens with one attached hydrogen (secondary N) is 1. The smallest absolute Gasteiger partial charge is 0.273 e. The molecule has 0 fully saturated rings. The Balaban J connectivity index is 1.73. The number of aromatic amines is 1. The number of aromatic nitrogens is 3. The monoisotopic (exact) mass is 332 g/mol. The second-order valence-corrected chi connectivity index (χ2v) is 6.03. The second kappa shape index (κ2) is 6.29. The third-order valence-corrected chi connectivity index (χ3v) is 4.35. The molecule has 0 radical (unpaired) electrons. The summed E-state index contributed by atoms with van der Waals surface area (Å²) < 4.78 is 0. The van der Waals surface area contributed by atoms with E-state index in [1.165, 1.54) is 6.20 Å². The maximum Gasteiger partial charge on any atom is 0.273 e. The third kappa shape index (κ3) is 3.03. The van der Waals surface area contributed by atoms with Gasteiger partial charge >= 0.3 is 0 Å². The van der Waals surface area contributed by atoms with Gasteiger partial charge in [0.15, 0.2) is 0 Å². The van der Waals surface area contributed by atoms with E-state index in [0.717, 1.165) is 16.3 Å². The van der Waals surface area contributed by atoms with Crippen molar-refractivity contribution in [3.63, 3.8) is 0 Å².